The van der Waals surface area contributed by atoms with Gasteiger partial charge in [-0.25, -0.2) is 0 Å². The average molecular weight is 344 g/mol. The van der Waals surface area contributed by atoms with Crippen molar-refractivity contribution in [3.8, 4) is 0 Å². The number of hydrogen-bond acceptors (Lipinski definition) is 3. The zero-order chi connectivity index (χ0) is 17.8. The summed E-state index contributed by atoms with van der Waals surface area (Å²) < 4.78 is 0. The lowest BCUT2D eigenvalue weighted by Crippen LogP contribution is -2.38. The van der Waals surface area contributed by atoms with Gasteiger partial charge in [0.05, 0.1) is 6.10 Å². The predicted molar refractivity (Wildman–Crippen MR) is 102 cm³/mol. The Bertz CT molecular complexity index is 560. The van der Waals surface area contributed by atoms with Gasteiger partial charge in [-0.05, 0) is 63.2 Å². The predicted octanol–water partition coefficient (Wildman–Crippen LogP) is 4.14. The van der Waals surface area contributed by atoms with Gasteiger partial charge in [-0.15, -0.1) is 0 Å². The van der Waals surface area contributed by atoms with Crippen LogP contribution in [0, 0.1) is 11.8 Å². The zero-order valence-corrected chi connectivity index (χ0v) is 15.8. The minimum atomic E-state index is -0.432. The molecule has 3 rings (SSSR count). The molecular weight excluding hydrogens is 310 g/mol. The Morgan fingerprint density at radius 2 is 1.72 bits per heavy atom. The number of rotatable bonds is 5. The van der Waals surface area contributed by atoms with Gasteiger partial charge < -0.3 is 10.0 Å². The van der Waals surface area contributed by atoms with Crippen LogP contribution < -0.4 is 0 Å². The number of carbonyl (C=O) groups excluding carboxylic acids is 1. The first-order valence-electron chi connectivity index (χ1n) is 10.00. The summed E-state index contributed by atoms with van der Waals surface area (Å²) in [6.45, 7) is 0.951. The van der Waals surface area contributed by atoms with E-state index < -0.39 is 6.10 Å². The van der Waals surface area contributed by atoms with Crippen LogP contribution in [0.4, 0.5) is 0 Å². The van der Waals surface area contributed by atoms with E-state index in [0.717, 1.165) is 38.6 Å². The van der Waals surface area contributed by atoms with Crippen LogP contribution in [0.15, 0.2) is 24.3 Å². The minimum Gasteiger partial charge on any atom is -0.392 e. The minimum absolute atomic E-state index is 0.150. The SMILES string of the molecule is CN(C)Cc1ccc(C2CCC(O)C(C(=O)C3CCCCC3)C2)cc1. The quantitative estimate of drug-likeness (QED) is 0.873. The van der Waals surface area contributed by atoms with Gasteiger partial charge in [0.25, 0.3) is 0 Å². The molecule has 1 N–H and O–H groups in total. The van der Waals surface area contributed by atoms with Crippen molar-refractivity contribution < 1.29 is 9.90 Å². The largest absolute Gasteiger partial charge is 0.392 e. The number of benzene rings is 1. The summed E-state index contributed by atoms with van der Waals surface area (Å²) in [7, 11) is 4.16. The van der Waals surface area contributed by atoms with Crippen LogP contribution in [0.25, 0.3) is 0 Å². The van der Waals surface area contributed by atoms with E-state index in [1.54, 1.807) is 0 Å². The van der Waals surface area contributed by atoms with Crippen LogP contribution in [0.2, 0.25) is 0 Å². The molecule has 2 fully saturated rings. The lowest BCUT2D eigenvalue weighted by molar-refractivity contribution is -0.133. The van der Waals surface area contributed by atoms with Crippen LogP contribution in [0.5, 0.6) is 0 Å². The number of Topliss-reactive ketones (excluding diaryl/α,β-unsaturated/α-hetero) is 1. The van der Waals surface area contributed by atoms with Crippen molar-refractivity contribution in [3.05, 3.63) is 35.4 Å². The van der Waals surface area contributed by atoms with Gasteiger partial charge in [0.1, 0.15) is 5.78 Å². The molecule has 0 heterocycles. The summed E-state index contributed by atoms with van der Waals surface area (Å²) in [6.07, 6.45) is 7.82. The van der Waals surface area contributed by atoms with Crippen LogP contribution in [0.3, 0.4) is 0 Å². The number of aliphatic hydroxyl groups excluding tert-OH is 1. The van der Waals surface area contributed by atoms with Gasteiger partial charge in [0, 0.05) is 18.4 Å². The number of hydrogen-bond donors (Lipinski definition) is 1. The molecule has 3 heteroatoms. The van der Waals surface area contributed by atoms with E-state index in [1.165, 1.54) is 30.4 Å². The Morgan fingerprint density at radius 3 is 2.36 bits per heavy atom. The summed E-state index contributed by atoms with van der Waals surface area (Å²) >= 11 is 0. The number of nitrogens with zero attached hydrogens (tertiary/aromatic N) is 1. The highest BCUT2D eigenvalue weighted by molar-refractivity contribution is 5.84. The van der Waals surface area contributed by atoms with Crippen LogP contribution in [0.1, 0.15) is 68.4 Å². The summed E-state index contributed by atoms with van der Waals surface area (Å²) in [4.78, 5) is 15.1. The van der Waals surface area contributed by atoms with Gasteiger partial charge in [-0.2, -0.15) is 0 Å². The normalized spacial score (nSPS) is 28.2. The van der Waals surface area contributed by atoms with Crippen LogP contribution in [-0.4, -0.2) is 36.0 Å². The molecule has 3 unspecified atom stereocenters. The fourth-order valence-electron chi connectivity index (χ4n) is 4.71. The Labute approximate surface area is 152 Å². The monoisotopic (exact) mass is 343 g/mol. The van der Waals surface area contributed by atoms with E-state index >= 15 is 0 Å². The first-order chi connectivity index (χ1) is 12.0. The van der Waals surface area contributed by atoms with E-state index in [4.69, 9.17) is 0 Å². The summed E-state index contributed by atoms with van der Waals surface area (Å²) in [5.74, 6) is 0.813. The molecule has 0 saturated heterocycles. The van der Waals surface area contributed by atoms with Gasteiger partial charge in [0.15, 0.2) is 0 Å². The average Bonchev–Trinajstić information content (AvgIpc) is 2.62. The highest BCUT2D eigenvalue weighted by atomic mass is 16.3. The van der Waals surface area contributed by atoms with E-state index in [1.807, 2.05) is 0 Å². The van der Waals surface area contributed by atoms with Crippen molar-refractivity contribution in [1.29, 1.82) is 0 Å². The number of ketones is 1. The van der Waals surface area contributed by atoms with Gasteiger partial charge in [0.2, 0.25) is 0 Å². The summed E-state index contributed by atoms with van der Waals surface area (Å²) in [5, 5.41) is 10.5. The fraction of sp³-hybridized carbons (Fsp3) is 0.682. The van der Waals surface area contributed by atoms with Crippen molar-refractivity contribution in [3.63, 3.8) is 0 Å². The molecule has 2 saturated carbocycles. The topological polar surface area (TPSA) is 40.5 Å². The molecule has 25 heavy (non-hydrogen) atoms. The lowest BCUT2D eigenvalue weighted by atomic mass is 9.70. The number of aliphatic hydroxyl groups is 1. The lowest BCUT2D eigenvalue weighted by Gasteiger charge is -2.35. The molecule has 3 atom stereocenters. The molecule has 0 aromatic heterocycles. The van der Waals surface area contributed by atoms with E-state index in [0.29, 0.717) is 11.7 Å². The Morgan fingerprint density at radius 1 is 1.04 bits per heavy atom. The highest BCUT2D eigenvalue weighted by Crippen LogP contribution is 2.39. The van der Waals surface area contributed by atoms with E-state index in [-0.39, 0.29) is 11.8 Å². The zero-order valence-electron chi connectivity index (χ0n) is 15.8. The number of carbonyl (C=O) groups is 1. The van der Waals surface area contributed by atoms with Crippen molar-refractivity contribution in [2.75, 3.05) is 14.1 Å². The second-order valence-corrected chi connectivity index (χ2v) is 8.40. The molecule has 0 aliphatic heterocycles. The first-order valence-corrected chi connectivity index (χ1v) is 10.00. The molecule has 1 aromatic rings. The highest BCUT2D eigenvalue weighted by Gasteiger charge is 2.37. The van der Waals surface area contributed by atoms with E-state index in [2.05, 4.69) is 43.3 Å². The second-order valence-electron chi connectivity index (χ2n) is 8.40. The molecule has 0 bridgehead atoms. The Balaban J connectivity index is 1.66. The molecule has 3 nitrogen and oxygen atoms in total. The maximum atomic E-state index is 13.0. The van der Waals surface area contributed by atoms with Crippen LogP contribution >= 0.6 is 0 Å². The molecular formula is C22H33NO2. The third-order valence-electron chi connectivity index (χ3n) is 6.14. The molecule has 0 amide bonds. The van der Waals surface area contributed by atoms with Crippen molar-refractivity contribution in [2.24, 2.45) is 11.8 Å². The molecule has 2 aliphatic rings. The molecule has 0 spiro atoms. The van der Waals surface area contributed by atoms with Gasteiger partial charge >= 0.3 is 0 Å². The van der Waals surface area contributed by atoms with Crippen molar-refractivity contribution in [2.45, 2.75) is 69.9 Å². The van der Waals surface area contributed by atoms with Gasteiger partial charge in [-0.3, -0.25) is 4.79 Å². The Hall–Kier alpha value is -1.19. The van der Waals surface area contributed by atoms with Crippen molar-refractivity contribution >= 4 is 5.78 Å². The molecule has 0 radical (unpaired) electrons. The standard InChI is InChI=1S/C22H33NO2/c1-23(2)15-16-8-10-17(11-9-16)19-12-13-21(24)20(14-19)22(25)18-6-4-3-5-7-18/h8-11,18-21,24H,3-7,12-15H2,1-2H3. The molecule has 138 valence electrons. The fourth-order valence-corrected chi connectivity index (χ4v) is 4.71. The first kappa shape index (κ1) is 18.6. The van der Waals surface area contributed by atoms with Crippen LogP contribution in [-0.2, 0) is 11.3 Å². The summed E-state index contributed by atoms with van der Waals surface area (Å²) in [6, 6.07) is 8.86. The van der Waals surface area contributed by atoms with E-state index in [9.17, 15) is 9.90 Å². The third kappa shape index (κ3) is 4.71. The molecule has 2 aliphatic carbocycles. The molecule has 1 aromatic carbocycles. The third-order valence-corrected chi connectivity index (χ3v) is 6.14. The maximum Gasteiger partial charge on any atom is 0.141 e. The van der Waals surface area contributed by atoms with Gasteiger partial charge in [-0.1, -0.05) is 43.5 Å². The smallest absolute Gasteiger partial charge is 0.141 e. The summed E-state index contributed by atoms with van der Waals surface area (Å²) in [5.41, 5.74) is 2.65. The van der Waals surface area contributed by atoms with Crippen molar-refractivity contribution in [1.82, 2.24) is 4.90 Å². The Kier molecular flexibility index (Phi) is 6.29. The second kappa shape index (κ2) is 8.46. The maximum absolute atomic E-state index is 13.0.